The van der Waals surface area contributed by atoms with Gasteiger partial charge >= 0.3 is 0 Å². The summed E-state index contributed by atoms with van der Waals surface area (Å²) in [4.78, 5) is 7.15. The van der Waals surface area contributed by atoms with Gasteiger partial charge in [0.1, 0.15) is 0 Å². The van der Waals surface area contributed by atoms with E-state index in [1.54, 1.807) is 0 Å². The summed E-state index contributed by atoms with van der Waals surface area (Å²) < 4.78 is 0. The summed E-state index contributed by atoms with van der Waals surface area (Å²) in [6.07, 6.45) is 0. The van der Waals surface area contributed by atoms with E-state index in [0.717, 1.165) is 51.2 Å². The van der Waals surface area contributed by atoms with Crippen LogP contribution < -0.4 is 14.7 Å². The Kier molecular flexibility index (Phi) is 9.46. The van der Waals surface area contributed by atoms with Crippen molar-refractivity contribution < 1.29 is 0 Å². The van der Waals surface area contributed by atoms with Gasteiger partial charge in [0.05, 0.1) is 17.1 Å². The lowest BCUT2D eigenvalue weighted by Crippen LogP contribution is -2.16. The van der Waals surface area contributed by atoms with E-state index in [4.69, 9.17) is 0 Å². The molecule has 7 rings (SSSR count). The molecule has 0 saturated carbocycles. The van der Waals surface area contributed by atoms with Crippen LogP contribution in [0.25, 0.3) is 0 Å². The first-order valence-electron chi connectivity index (χ1n) is 17.7. The predicted octanol–water partition coefficient (Wildman–Crippen LogP) is 13.9. The standard InChI is InChI=1S/C48H45N3/c1-34-19-23-40(24-20-34)49(41-25-21-35(2)22-26-41)46-31-47(50(42-15-7-11-36(3)27-42)43-16-8-12-37(4)28-43)33-48(32-46)51(44-17-9-13-38(5)29-44)45-18-10-14-39(6)30-45/h7-33H,1-6H3. The van der Waals surface area contributed by atoms with Crippen LogP contribution in [0.15, 0.2) is 164 Å². The molecule has 7 aromatic carbocycles. The van der Waals surface area contributed by atoms with Gasteiger partial charge in [0.2, 0.25) is 0 Å². The minimum atomic E-state index is 1.06. The Balaban J connectivity index is 1.56. The largest absolute Gasteiger partial charge is 0.310 e. The molecule has 0 aliphatic rings. The molecule has 3 heteroatoms. The maximum Gasteiger partial charge on any atom is 0.0503 e. The van der Waals surface area contributed by atoms with Crippen molar-refractivity contribution in [3.8, 4) is 0 Å². The highest BCUT2D eigenvalue weighted by Crippen LogP contribution is 2.46. The van der Waals surface area contributed by atoms with E-state index in [2.05, 4.69) is 220 Å². The van der Waals surface area contributed by atoms with Crippen LogP contribution >= 0.6 is 0 Å². The number of rotatable bonds is 9. The minimum Gasteiger partial charge on any atom is -0.310 e. The fourth-order valence-electron chi connectivity index (χ4n) is 6.76. The van der Waals surface area contributed by atoms with Crippen LogP contribution in [0.2, 0.25) is 0 Å². The molecule has 252 valence electrons. The average molecular weight is 664 g/mol. The zero-order valence-electron chi connectivity index (χ0n) is 30.4. The van der Waals surface area contributed by atoms with Crippen LogP contribution in [0, 0.1) is 41.5 Å². The van der Waals surface area contributed by atoms with Gasteiger partial charge < -0.3 is 14.7 Å². The van der Waals surface area contributed by atoms with E-state index < -0.39 is 0 Å². The topological polar surface area (TPSA) is 9.72 Å². The Morgan fingerprint density at radius 3 is 0.725 bits per heavy atom. The van der Waals surface area contributed by atoms with Crippen LogP contribution in [0.4, 0.5) is 51.2 Å². The van der Waals surface area contributed by atoms with Gasteiger partial charge in [-0.1, -0.05) is 83.9 Å². The molecule has 51 heavy (non-hydrogen) atoms. The maximum absolute atomic E-state index is 2.39. The third kappa shape index (κ3) is 7.44. The van der Waals surface area contributed by atoms with Crippen molar-refractivity contribution in [2.24, 2.45) is 0 Å². The summed E-state index contributed by atoms with van der Waals surface area (Å²) in [7, 11) is 0. The molecule has 0 amide bonds. The van der Waals surface area contributed by atoms with Gasteiger partial charge in [-0.2, -0.15) is 0 Å². The van der Waals surface area contributed by atoms with Gasteiger partial charge in [0.25, 0.3) is 0 Å². The van der Waals surface area contributed by atoms with E-state index in [1.807, 2.05) is 0 Å². The molecule has 0 unspecified atom stereocenters. The Morgan fingerprint density at radius 1 is 0.216 bits per heavy atom. The SMILES string of the molecule is Cc1ccc(N(c2ccc(C)cc2)c2cc(N(c3cccc(C)c3)c3cccc(C)c3)cc(N(c3cccc(C)c3)c3cccc(C)c3)c2)cc1. The molecular formula is C48H45N3. The van der Waals surface area contributed by atoms with E-state index in [1.165, 1.54) is 33.4 Å². The fourth-order valence-corrected chi connectivity index (χ4v) is 6.76. The molecule has 7 aromatic rings. The Hall–Kier alpha value is -6.06. The van der Waals surface area contributed by atoms with E-state index in [9.17, 15) is 0 Å². The minimum absolute atomic E-state index is 1.06. The molecule has 0 saturated heterocycles. The van der Waals surface area contributed by atoms with Crippen LogP contribution in [0.1, 0.15) is 33.4 Å². The summed E-state index contributed by atoms with van der Waals surface area (Å²) >= 11 is 0. The third-order valence-corrected chi connectivity index (χ3v) is 9.29. The van der Waals surface area contributed by atoms with E-state index in [-0.39, 0.29) is 0 Å². The first kappa shape index (κ1) is 33.4. The monoisotopic (exact) mass is 663 g/mol. The van der Waals surface area contributed by atoms with Crippen LogP contribution in [-0.2, 0) is 0 Å². The third-order valence-electron chi connectivity index (χ3n) is 9.29. The zero-order valence-corrected chi connectivity index (χ0v) is 30.4. The summed E-state index contributed by atoms with van der Waals surface area (Å²) in [6.45, 7) is 12.9. The number of aryl methyl sites for hydroxylation is 6. The van der Waals surface area contributed by atoms with Crippen molar-refractivity contribution in [1.82, 2.24) is 0 Å². The second-order valence-corrected chi connectivity index (χ2v) is 13.7. The molecule has 0 aliphatic heterocycles. The van der Waals surface area contributed by atoms with Gasteiger partial charge in [-0.25, -0.2) is 0 Å². The smallest absolute Gasteiger partial charge is 0.0503 e. The molecule has 0 spiro atoms. The molecule has 0 atom stereocenters. The Morgan fingerprint density at radius 2 is 0.471 bits per heavy atom. The number of hydrogen-bond donors (Lipinski definition) is 0. The molecular weight excluding hydrogens is 619 g/mol. The van der Waals surface area contributed by atoms with Gasteiger partial charge in [-0.15, -0.1) is 0 Å². The van der Waals surface area contributed by atoms with Crippen molar-refractivity contribution in [3.63, 3.8) is 0 Å². The molecule has 0 N–H and O–H groups in total. The number of hydrogen-bond acceptors (Lipinski definition) is 3. The molecule has 0 bridgehead atoms. The lowest BCUT2D eigenvalue weighted by atomic mass is 10.1. The van der Waals surface area contributed by atoms with Gasteiger partial charge in [0, 0.05) is 34.1 Å². The summed E-state index contributed by atoms with van der Waals surface area (Å²) in [5, 5.41) is 0. The molecule has 0 heterocycles. The van der Waals surface area contributed by atoms with E-state index >= 15 is 0 Å². The second-order valence-electron chi connectivity index (χ2n) is 13.7. The van der Waals surface area contributed by atoms with Crippen LogP contribution in [-0.4, -0.2) is 0 Å². The normalized spacial score (nSPS) is 10.9. The average Bonchev–Trinajstić information content (AvgIpc) is 3.11. The van der Waals surface area contributed by atoms with Crippen LogP contribution in [0.3, 0.4) is 0 Å². The second kappa shape index (κ2) is 14.4. The molecule has 0 radical (unpaired) electrons. The first-order valence-corrected chi connectivity index (χ1v) is 17.7. The molecule has 0 fully saturated rings. The van der Waals surface area contributed by atoms with Crippen molar-refractivity contribution >= 4 is 51.2 Å². The highest BCUT2D eigenvalue weighted by Gasteiger charge is 2.22. The van der Waals surface area contributed by atoms with Crippen molar-refractivity contribution in [2.75, 3.05) is 14.7 Å². The van der Waals surface area contributed by atoms with Gasteiger partial charge in [0.15, 0.2) is 0 Å². The Labute approximate surface area is 303 Å². The lowest BCUT2D eigenvalue weighted by Gasteiger charge is -2.33. The lowest BCUT2D eigenvalue weighted by molar-refractivity contribution is 1.21. The van der Waals surface area contributed by atoms with Crippen LogP contribution in [0.5, 0.6) is 0 Å². The van der Waals surface area contributed by atoms with E-state index in [0.29, 0.717) is 0 Å². The number of anilines is 9. The predicted molar refractivity (Wildman–Crippen MR) is 219 cm³/mol. The van der Waals surface area contributed by atoms with Gasteiger partial charge in [-0.3, -0.25) is 0 Å². The summed E-state index contributed by atoms with van der Waals surface area (Å²) in [6, 6.07) is 59.8. The van der Waals surface area contributed by atoms with Crippen molar-refractivity contribution in [1.29, 1.82) is 0 Å². The summed E-state index contributed by atoms with van der Waals surface area (Å²) in [5.41, 5.74) is 17.1. The molecule has 0 aromatic heterocycles. The number of nitrogens with zero attached hydrogens (tertiary/aromatic N) is 3. The first-order chi connectivity index (χ1) is 24.7. The Bertz CT molecular complexity index is 2040. The molecule has 3 nitrogen and oxygen atoms in total. The highest BCUT2D eigenvalue weighted by atomic mass is 15.2. The number of benzene rings is 7. The fraction of sp³-hybridized carbons (Fsp3) is 0.125. The molecule has 0 aliphatic carbocycles. The van der Waals surface area contributed by atoms with Crippen molar-refractivity contribution in [3.05, 3.63) is 197 Å². The highest BCUT2D eigenvalue weighted by molar-refractivity contribution is 5.89. The van der Waals surface area contributed by atoms with Gasteiger partial charge in [-0.05, 0) is 155 Å². The summed E-state index contributed by atoms with van der Waals surface area (Å²) in [5.74, 6) is 0. The quantitative estimate of drug-likeness (QED) is 0.152. The maximum atomic E-state index is 2.39. The zero-order chi connectivity index (χ0) is 35.5. The van der Waals surface area contributed by atoms with Crippen molar-refractivity contribution in [2.45, 2.75) is 41.5 Å².